The molecule has 4 heterocycles. The molecule has 2 N–H and O–H groups in total. The minimum Gasteiger partial charge on any atom is -0.354 e. The zero-order valence-corrected chi connectivity index (χ0v) is 16.5. The van der Waals surface area contributed by atoms with Gasteiger partial charge in [-0.25, -0.2) is 9.97 Å². The number of aromatic amines is 1. The van der Waals surface area contributed by atoms with Crippen molar-refractivity contribution in [2.24, 2.45) is 0 Å². The molecule has 0 saturated carbocycles. The van der Waals surface area contributed by atoms with Crippen LogP contribution in [0.3, 0.4) is 0 Å². The standard InChI is InChI=1S/C22H26N6O/c29-19-5-9-24-21(26-19)25-10-15-27-13-7-22(8-14-27)18-4-2-1-3-17(18)6-12-28-16-11-23-20(22)28/h1-5,9,11,16H,6-8,10,12-15H2,(H2,24,25,26,29). The fourth-order valence-corrected chi connectivity index (χ4v) is 4.92. The van der Waals surface area contributed by atoms with Gasteiger partial charge >= 0.3 is 0 Å². The maximum atomic E-state index is 11.4. The second-order valence-corrected chi connectivity index (χ2v) is 7.98. The van der Waals surface area contributed by atoms with Crippen LogP contribution >= 0.6 is 0 Å². The second kappa shape index (κ2) is 7.48. The van der Waals surface area contributed by atoms with Gasteiger partial charge in [-0.3, -0.25) is 9.78 Å². The Bertz CT molecular complexity index is 1050. The van der Waals surface area contributed by atoms with Crippen molar-refractivity contribution in [3.05, 3.63) is 76.2 Å². The van der Waals surface area contributed by atoms with E-state index in [1.54, 1.807) is 0 Å². The molecule has 7 heteroatoms. The molecular formula is C22H26N6O. The zero-order valence-electron chi connectivity index (χ0n) is 16.5. The van der Waals surface area contributed by atoms with E-state index in [0.29, 0.717) is 5.95 Å². The summed E-state index contributed by atoms with van der Waals surface area (Å²) in [4.78, 5) is 25.5. The van der Waals surface area contributed by atoms with Crippen LogP contribution in [-0.4, -0.2) is 50.6 Å². The highest BCUT2D eigenvalue weighted by atomic mass is 16.1. The Morgan fingerprint density at radius 3 is 2.79 bits per heavy atom. The van der Waals surface area contributed by atoms with Gasteiger partial charge in [-0.15, -0.1) is 0 Å². The van der Waals surface area contributed by atoms with E-state index >= 15 is 0 Å². The number of likely N-dealkylation sites (tertiary alicyclic amines) is 1. The number of imidazole rings is 1. The van der Waals surface area contributed by atoms with Gasteiger partial charge in [0.05, 0.1) is 5.41 Å². The number of rotatable bonds is 4. The third kappa shape index (κ3) is 3.35. The maximum Gasteiger partial charge on any atom is 0.252 e. The monoisotopic (exact) mass is 390 g/mol. The van der Waals surface area contributed by atoms with Crippen LogP contribution in [0.4, 0.5) is 5.95 Å². The molecule has 0 radical (unpaired) electrons. The van der Waals surface area contributed by atoms with E-state index in [9.17, 15) is 4.79 Å². The molecule has 1 aromatic carbocycles. The molecular weight excluding hydrogens is 364 g/mol. The molecule has 5 rings (SSSR count). The van der Waals surface area contributed by atoms with Crippen LogP contribution in [0.15, 0.2) is 53.7 Å². The lowest BCUT2D eigenvalue weighted by atomic mass is 9.70. The van der Waals surface area contributed by atoms with E-state index < -0.39 is 0 Å². The van der Waals surface area contributed by atoms with Crippen LogP contribution in [0.25, 0.3) is 0 Å². The molecule has 2 aromatic heterocycles. The molecule has 1 spiro atoms. The first-order chi connectivity index (χ1) is 14.2. The van der Waals surface area contributed by atoms with Crippen molar-refractivity contribution in [2.45, 2.75) is 31.2 Å². The van der Waals surface area contributed by atoms with Gasteiger partial charge in [0.2, 0.25) is 5.95 Å². The van der Waals surface area contributed by atoms with Gasteiger partial charge < -0.3 is 14.8 Å². The van der Waals surface area contributed by atoms with Crippen molar-refractivity contribution in [2.75, 3.05) is 31.5 Å². The van der Waals surface area contributed by atoms with E-state index in [-0.39, 0.29) is 11.0 Å². The van der Waals surface area contributed by atoms with Crippen molar-refractivity contribution >= 4 is 5.95 Å². The first kappa shape index (κ1) is 18.1. The third-order valence-corrected chi connectivity index (χ3v) is 6.40. The normalized spacial score (nSPS) is 18.1. The Balaban J connectivity index is 1.30. The molecule has 1 saturated heterocycles. The number of nitrogens with zero attached hydrogens (tertiary/aromatic N) is 4. The van der Waals surface area contributed by atoms with Gasteiger partial charge in [-0.05, 0) is 43.5 Å². The summed E-state index contributed by atoms with van der Waals surface area (Å²) in [7, 11) is 0. The summed E-state index contributed by atoms with van der Waals surface area (Å²) in [5, 5.41) is 3.22. The Morgan fingerprint density at radius 1 is 1.07 bits per heavy atom. The molecule has 0 unspecified atom stereocenters. The second-order valence-electron chi connectivity index (χ2n) is 7.98. The predicted molar refractivity (Wildman–Crippen MR) is 112 cm³/mol. The van der Waals surface area contributed by atoms with Crippen molar-refractivity contribution in [3.8, 4) is 0 Å². The van der Waals surface area contributed by atoms with Crippen LogP contribution < -0.4 is 10.9 Å². The Labute approximate surface area is 169 Å². The summed E-state index contributed by atoms with van der Waals surface area (Å²) in [5.41, 5.74) is 2.80. The van der Waals surface area contributed by atoms with Crippen molar-refractivity contribution in [1.29, 1.82) is 0 Å². The lowest BCUT2D eigenvalue weighted by Gasteiger charge is -2.42. The Kier molecular flexibility index (Phi) is 4.67. The fraction of sp³-hybridized carbons (Fsp3) is 0.409. The van der Waals surface area contributed by atoms with Crippen LogP contribution in [-0.2, 0) is 18.4 Å². The number of piperidine rings is 1. The SMILES string of the molecule is O=c1ccnc(NCCN2CCC3(CC2)c2ccccc2CCn2ccnc23)[nH]1. The number of aryl methyl sites for hydroxylation is 2. The summed E-state index contributed by atoms with van der Waals surface area (Å²) in [6.07, 6.45) is 8.82. The summed E-state index contributed by atoms with van der Waals surface area (Å²) in [6.45, 7) is 4.74. The Hall–Kier alpha value is -2.93. The molecule has 2 aliphatic heterocycles. The quantitative estimate of drug-likeness (QED) is 0.713. The first-order valence-electron chi connectivity index (χ1n) is 10.4. The van der Waals surface area contributed by atoms with E-state index in [1.807, 2.05) is 6.20 Å². The number of hydrogen-bond donors (Lipinski definition) is 2. The lowest BCUT2D eigenvalue weighted by molar-refractivity contribution is 0.178. The van der Waals surface area contributed by atoms with E-state index in [4.69, 9.17) is 4.98 Å². The van der Waals surface area contributed by atoms with E-state index in [0.717, 1.165) is 52.0 Å². The van der Waals surface area contributed by atoms with Crippen molar-refractivity contribution in [1.82, 2.24) is 24.4 Å². The number of nitrogens with one attached hydrogen (secondary N) is 2. The number of fused-ring (bicyclic) bond motifs is 4. The van der Waals surface area contributed by atoms with Gasteiger partial charge in [0, 0.05) is 44.3 Å². The first-order valence-corrected chi connectivity index (χ1v) is 10.4. The minimum absolute atomic E-state index is 0.00669. The van der Waals surface area contributed by atoms with Gasteiger partial charge in [-0.1, -0.05) is 24.3 Å². The summed E-state index contributed by atoms with van der Waals surface area (Å²) in [5.74, 6) is 1.76. The number of benzene rings is 1. The van der Waals surface area contributed by atoms with Crippen molar-refractivity contribution in [3.63, 3.8) is 0 Å². The van der Waals surface area contributed by atoms with Crippen LogP contribution in [0, 0.1) is 0 Å². The predicted octanol–water partition coefficient (Wildman–Crippen LogP) is 2.02. The maximum absolute atomic E-state index is 11.4. The number of H-pyrrole nitrogens is 1. The third-order valence-electron chi connectivity index (χ3n) is 6.40. The molecule has 0 amide bonds. The molecule has 2 aliphatic rings. The minimum atomic E-state index is -0.134. The molecule has 1 fully saturated rings. The molecule has 0 aliphatic carbocycles. The molecule has 3 aromatic rings. The smallest absolute Gasteiger partial charge is 0.252 e. The van der Waals surface area contributed by atoms with Gasteiger partial charge in [0.1, 0.15) is 5.82 Å². The summed E-state index contributed by atoms with van der Waals surface area (Å²) in [6, 6.07) is 10.3. The van der Waals surface area contributed by atoms with Crippen molar-refractivity contribution < 1.29 is 0 Å². The van der Waals surface area contributed by atoms with Crippen LogP contribution in [0.1, 0.15) is 29.8 Å². The largest absolute Gasteiger partial charge is 0.354 e. The average Bonchev–Trinajstić information content (AvgIpc) is 3.18. The van der Waals surface area contributed by atoms with Gasteiger partial charge in [0.25, 0.3) is 5.56 Å². The Morgan fingerprint density at radius 2 is 1.93 bits per heavy atom. The number of anilines is 1. The highest BCUT2D eigenvalue weighted by molar-refractivity contribution is 5.42. The number of hydrogen-bond acceptors (Lipinski definition) is 5. The van der Waals surface area contributed by atoms with Crippen LogP contribution in [0.2, 0.25) is 0 Å². The molecule has 0 bridgehead atoms. The van der Waals surface area contributed by atoms with E-state index in [2.05, 4.69) is 55.2 Å². The van der Waals surface area contributed by atoms with Crippen LogP contribution in [0.5, 0.6) is 0 Å². The van der Waals surface area contributed by atoms with Gasteiger partial charge in [0.15, 0.2) is 0 Å². The summed E-state index contributed by atoms with van der Waals surface area (Å²) >= 11 is 0. The van der Waals surface area contributed by atoms with E-state index in [1.165, 1.54) is 29.2 Å². The van der Waals surface area contributed by atoms with Gasteiger partial charge in [-0.2, -0.15) is 0 Å². The molecule has 29 heavy (non-hydrogen) atoms. The summed E-state index contributed by atoms with van der Waals surface area (Å²) < 4.78 is 2.36. The number of aromatic nitrogens is 4. The molecule has 150 valence electrons. The average molecular weight is 390 g/mol. The zero-order chi connectivity index (χ0) is 19.7. The fourth-order valence-electron chi connectivity index (χ4n) is 4.92. The highest BCUT2D eigenvalue weighted by Crippen LogP contribution is 2.44. The molecule has 0 atom stereocenters. The lowest BCUT2D eigenvalue weighted by Crippen LogP contribution is -2.45. The topological polar surface area (TPSA) is 78.8 Å². The highest BCUT2D eigenvalue weighted by Gasteiger charge is 2.43. The molecule has 7 nitrogen and oxygen atoms in total.